The van der Waals surface area contributed by atoms with Gasteiger partial charge in [0.15, 0.2) is 0 Å². The first-order valence-corrected chi connectivity index (χ1v) is 20.9. The minimum atomic E-state index is -1.09. The number of hydrogen-bond donors (Lipinski definition) is 3. The lowest BCUT2D eigenvalue weighted by Gasteiger charge is -2.36. The third-order valence-electron chi connectivity index (χ3n) is 12.1. The summed E-state index contributed by atoms with van der Waals surface area (Å²) >= 11 is 0. The molecule has 3 amide bonds. The van der Waals surface area contributed by atoms with Crippen molar-refractivity contribution in [2.24, 2.45) is 17.3 Å². The average molecular weight is 807 g/mol. The second-order valence-corrected chi connectivity index (χ2v) is 17.6. The predicted octanol–water partition coefficient (Wildman–Crippen LogP) is 5.95. The zero-order chi connectivity index (χ0) is 42.2. The lowest BCUT2D eigenvalue weighted by atomic mass is 9.83. The van der Waals surface area contributed by atoms with E-state index in [0.717, 1.165) is 57.3 Å². The Kier molecular flexibility index (Phi) is 12.2. The van der Waals surface area contributed by atoms with Crippen LogP contribution in [0, 0.1) is 17.3 Å². The van der Waals surface area contributed by atoms with Crippen LogP contribution in [0.1, 0.15) is 83.1 Å². The van der Waals surface area contributed by atoms with Gasteiger partial charge in [0.1, 0.15) is 23.9 Å². The molecule has 1 aliphatic carbocycles. The molecule has 4 aromatic rings. The van der Waals surface area contributed by atoms with E-state index in [0.29, 0.717) is 50.2 Å². The van der Waals surface area contributed by atoms with E-state index in [1.54, 1.807) is 19.2 Å². The number of phenols is 1. The number of aromatic nitrogens is 2. The van der Waals surface area contributed by atoms with Gasteiger partial charge in [-0.1, -0.05) is 39.8 Å². The first kappa shape index (κ1) is 41.9. The van der Waals surface area contributed by atoms with Crippen LogP contribution >= 0.6 is 0 Å². The van der Waals surface area contributed by atoms with Crippen molar-refractivity contribution in [2.45, 2.75) is 104 Å². The number of aromatic hydroxyl groups is 1. The Morgan fingerprint density at radius 2 is 1.92 bits per heavy atom. The van der Waals surface area contributed by atoms with Crippen LogP contribution in [0.15, 0.2) is 54.9 Å². The molecule has 13 nitrogen and oxygen atoms in total. The molecule has 2 fully saturated rings. The number of esters is 1. The third kappa shape index (κ3) is 8.72. The Morgan fingerprint density at radius 3 is 2.61 bits per heavy atom. The molecule has 3 N–H and O–H groups in total. The van der Waals surface area contributed by atoms with Gasteiger partial charge in [0, 0.05) is 67.9 Å². The quantitative estimate of drug-likeness (QED) is 0.130. The Labute approximate surface area is 346 Å². The van der Waals surface area contributed by atoms with Crippen molar-refractivity contribution >= 4 is 35.1 Å². The molecular weight excluding hydrogens is 749 g/mol. The molecule has 0 spiro atoms. The predicted molar refractivity (Wildman–Crippen MR) is 225 cm³/mol. The van der Waals surface area contributed by atoms with E-state index in [2.05, 4.69) is 59.3 Å². The number of phenolic OH excluding ortho intramolecular Hbond substituents is 1. The minimum Gasteiger partial charge on any atom is -0.508 e. The van der Waals surface area contributed by atoms with E-state index < -0.39 is 41.3 Å². The molecule has 59 heavy (non-hydrogen) atoms. The molecular formula is C46H58N6O7. The fourth-order valence-corrected chi connectivity index (χ4v) is 9.12. The number of rotatable bonds is 10. The van der Waals surface area contributed by atoms with Crippen molar-refractivity contribution in [3.8, 4) is 28.1 Å². The van der Waals surface area contributed by atoms with Crippen LogP contribution in [0.4, 0.5) is 0 Å². The molecule has 6 bridgehead atoms. The molecule has 3 unspecified atom stereocenters. The summed E-state index contributed by atoms with van der Waals surface area (Å²) in [6.07, 6.45) is 8.16. The highest BCUT2D eigenvalue weighted by atomic mass is 16.5. The van der Waals surface area contributed by atoms with Crippen LogP contribution in [0.25, 0.3) is 33.3 Å². The number of nitrogens with one attached hydrogen (secondary N) is 2. The molecule has 0 radical (unpaired) electrons. The molecule has 2 aliphatic heterocycles. The van der Waals surface area contributed by atoms with E-state index in [4.69, 9.17) is 9.47 Å². The standard InChI is InChI=1S/C46H58N6O7/c1-8-51-39-14-13-30-22-34(39)35(41(51)36-24-47-16-15-33(36)42(58-7)29-11-12-29)23-46(4,5)25-59-45(57)37-10-9-17-52(49-37)44(56)38(20-28-18-31(30)21-32(54)19-28)48-43(55)40(27(2)3)50(6)26-53/h13-16,18-19,21-22,24,26-27,29,37-38,40,42,49,54H,8-12,17,20,23,25H2,1-7H3,(H,48,55)/t37-,38?,40?,42?/m0/s1. The van der Waals surface area contributed by atoms with Gasteiger partial charge in [-0.05, 0) is 109 Å². The Bertz CT molecular complexity index is 2230. The molecule has 4 heterocycles. The van der Waals surface area contributed by atoms with Crippen LogP contribution in [0.2, 0.25) is 0 Å². The van der Waals surface area contributed by atoms with Gasteiger partial charge in [-0.2, -0.15) is 0 Å². The second-order valence-electron chi connectivity index (χ2n) is 17.6. The minimum absolute atomic E-state index is 0.0167. The van der Waals surface area contributed by atoms with Crippen molar-refractivity contribution in [3.05, 3.63) is 71.5 Å². The van der Waals surface area contributed by atoms with Crippen molar-refractivity contribution in [1.82, 2.24) is 30.2 Å². The molecule has 13 heteroatoms. The van der Waals surface area contributed by atoms with E-state index in [9.17, 15) is 24.3 Å². The summed E-state index contributed by atoms with van der Waals surface area (Å²) in [7, 11) is 3.31. The van der Waals surface area contributed by atoms with Crippen LogP contribution in [0.3, 0.4) is 0 Å². The number of hydrazine groups is 1. The Balaban J connectivity index is 1.39. The van der Waals surface area contributed by atoms with E-state index in [1.807, 2.05) is 38.4 Å². The van der Waals surface area contributed by atoms with Crippen molar-refractivity contribution in [3.63, 3.8) is 0 Å². The smallest absolute Gasteiger partial charge is 0.324 e. The van der Waals surface area contributed by atoms with Gasteiger partial charge in [0.25, 0.3) is 5.91 Å². The largest absolute Gasteiger partial charge is 0.508 e. The number of ether oxygens (including phenoxy) is 2. The zero-order valence-electron chi connectivity index (χ0n) is 35.3. The fraction of sp³-hybridized carbons (Fsp3) is 0.500. The number of likely N-dealkylation sites (N-methyl/N-ethyl adjacent to an activating group) is 1. The highest BCUT2D eigenvalue weighted by molar-refractivity contribution is 5.96. The number of nitrogens with zero attached hydrogens (tertiary/aromatic N) is 4. The number of fused-ring (bicyclic) bond motifs is 6. The number of aryl methyl sites for hydroxylation is 1. The molecule has 1 saturated heterocycles. The number of carbonyl (C=O) groups is 4. The number of cyclic esters (lactones) is 1. The van der Waals surface area contributed by atoms with Gasteiger partial charge in [0.2, 0.25) is 12.3 Å². The first-order chi connectivity index (χ1) is 28.2. The molecule has 314 valence electrons. The maximum Gasteiger partial charge on any atom is 0.324 e. The number of pyridine rings is 1. The number of hydrogen-bond acceptors (Lipinski definition) is 9. The normalized spacial score (nSPS) is 20.8. The SMILES string of the molecule is CCn1c(-c2cnccc2C(OC)C2CC2)c2c3cc(ccc31)-c1cc(O)cc(c1)CC(NC(=O)C(C(C)C)N(C)C=O)C(=O)N1CCC[C@H](N1)C(=O)OCC(C)(C)C2. The molecule has 1 saturated carbocycles. The van der Waals surface area contributed by atoms with E-state index in [-0.39, 0.29) is 30.8 Å². The van der Waals surface area contributed by atoms with Gasteiger partial charge < -0.3 is 29.4 Å². The third-order valence-corrected chi connectivity index (χ3v) is 12.1. The summed E-state index contributed by atoms with van der Waals surface area (Å²) in [6.45, 7) is 11.1. The van der Waals surface area contributed by atoms with Crippen LogP contribution in [-0.4, -0.2) is 94.2 Å². The Morgan fingerprint density at radius 1 is 1.14 bits per heavy atom. The first-order valence-electron chi connectivity index (χ1n) is 20.9. The summed E-state index contributed by atoms with van der Waals surface area (Å²) in [5.74, 6) is -1.16. The lowest BCUT2D eigenvalue weighted by Crippen LogP contribution is -2.61. The summed E-state index contributed by atoms with van der Waals surface area (Å²) in [5.41, 5.74) is 10.1. The summed E-state index contributed by atoms with van der Waals surface area (Å²) in [5, 5.41) is 16.6. The number of methoxy groups -OCH3 is 1. The number of benzene rings is 2. The number of amides is 3. The fourth-order valence-electron chi connectivity index (χ4n) is 9.12. The number of carbonyl (C=O) groups excluding carboxylic acids is 4. The van der Waals surface area contributed by atoms with Gasteiger partial charge >= 0.3 is 5.97 Å². The van der Waals surface area contributed by atoms with Crippen LogP contribution in [0.5, 0.6) is 5.75 Å². The van der Waals surface area contributed by atoms with Gasteiger partial charge in [-0.3, -0.25) is 29.2 Å². The monoisotopic (exact) mass is 806 g/mol. The molecule has 3 aliphatic rings. The molecule has 7 rings (SSSR count). The highest BCUT2D eigenvalue weighted by Crippen LogP contribution is 2.48. The maximum atomic E-state index is 14.4. The van der Waals surface area contributed by atoms with Gasteiger partial charge in [-0.25, -0.2) is 5.43 Å². The van der Waals surface area contributed by atoms with Gasteiger partial charge in [-0.15, -0.1) is 0 Å². The maximum absolute atomic E-state index is 14.4. The molecule has 2 aromatic heterocycles. The topological polar surface area (TPSA) is 155 Å². The zero-order valence-corrected chi connectivity index (χ0v) is 35.3. The van der Waals surface area contributed by atoms with Crippen molar-refractivity contribution in [2.75, 3.05) is 27.3 Å². The second kappa shape index (κ2) is 17.1. The summed E-state index contributed by atoms with van der Waals surface area (Å²) in [4.78, 5) is 59.8. The average Bonchev–Trinajstić information content (AvgIpc) is 4.01. The lowest BCUT2D eigenvalue weighted by molar-refractivity contribution is -0.155. The summed E-state index contributed by atoms with van der Waals surface area (Å²) < 4.78 is 14.6. The van der Waals surface area contributed by atoms with Crippen molar-refractivity contribution in [1.29, 1.82) is 0 Å². The highest BCUT2D eigenvalue weighted by Gasteiger charge is 2.38. The molecule has 2 aromatic carbocycles. The summed E-state index contributed by atoms with van der Waals surface area (Å²) in [6, 6.07) is 10.9. The van der Waals surface area contributed by atoms with E-state index in [1.165, 1.54) is 17.0 Å². The molecule has 4 atom stereocenters. The van der Waals surface area contributed by atoms with Crippen LogP contribution < -0.4 is 10.7 Å². The van der Waals surface area contributed by atoms with Gasteiger partial charge in [0.05, 0.1) is 18.4 Å². The van der Waals surface area contributed by atoms with Crippen LogP contribution in [-0.2, 0) is 48.0 Å². The Hall–Kier alpha value is -5.27. The van der Waals surface area contributed by atoms with E-state index >= 15 is 0 Å². The van der Waals surface area contributed by atoms with Crippen molar-refractivity contribution < 1.29 is 33.8 Å².